The van der Waals surface area contributed by atoms with Gasteiger partial charge in [-0.25, -0.2) is 0 Å². The number of carbonyl (C=O) groups excluding carboxylic acids is 3. The van der Waals surface area contributed by atoms with Crippen molar-refractivity contribution in [2.45, 2.75) is 341 Å². The summed E-state index contributed by atoms with van der Waals surface area (Å²) in [6.07, 6.45) is 68.0. The SMILES string of the molecule is CCCCC/C=C\CCCCCCCC(=O)OC(COC(=O)CCCCCCCCC)COC(=O)CCCCCCCCCCCCCCCCCCCCC/C=C\CCCCCCCCCC. The lowest BCUT2D eigenvalue weighted by Gasteiger charge is -2.18. The van der Waals surface area contributed by atoms with Crippen LogP contribution in [0.25, 0.3) is 0 Å². The Morgan fingerprint density at radius 3 is 0.765 bits per heavy atom. The average Bonchev–Trinajstić information content (AvgIpc) is 3.34. The maximum Gasteiger partial charge on any atom is 0.306 e. The molecule has 0 N–H and O–H groups in total. The maximum atomic E-state index is 12.7. The second-order valence-electron chi connectivity index (χ2n) is 20.6. The molecule has 1 unspecified atom stereocenters. The van der Waals surface area contributed by atoms with Crippen molar-refractivity contribution in [1.82, 2.24) is 0 Å². The summed E-state index contributed by atoms with van der Waals surface area (Å²) in [6.45, 7) is 6.60. The molecular formula is C62H116O6. The second kappa shape index (κ2) is 57.5. The smallest absolute Gasteiger partial charge is 0.306 e. The van der Waals surface area contributed by atoms with Crippen LogP contribution in [-0.4, -0.2) is 37.2 Å². The number of rotatable bonds is 56. The fourth-order valence-electron chi connectivity index (χ4n) is 9.08. The van der Waals surface area contributed by atoms with Gasteiger partial charge >= 0.3 is 17.9 Å². The van der Waals surface area contributed by atoms with Crippen LogP contribution in [0.5, 0.6) is 0 Å². The van der Waals surface area contributed by atoms with Crippen molar-refractivity contribution in [1.29, 1.82) is 0 Å². The molecule has 6 heteroatoms. The number of esters is 3. The van der Waals surface area contributed by atoms with Crippen LogP contribution in [0.4, 0.5) is 0 Å². The summed E-state index contributed by atoms with van der Waals surface area (Å²) in [5, 5.41) is 0. The summed E-state index contributed by atoms with van der Waals surface area (Å²) < 4.78 is 16.8. The first-order valence-corrected chi connectivity index (χ1v) is 30.3. The molecule has 0 aliphatic rings. The molecule has 68 heavy (non-hydrogen) atoms. The third-order valence-electron chi connectivity index (χ3n) is 13.7. The highest BCUT2D eigenvalue weighted by Crippen LogP contribution is 2.17. The van der Waals surface area contributed by atoms with Crippen molar-refractivity contribution in [2.24, 2.45) is 0 Å². The van der Waals surface area contributed by atoms with E-state index in [1.54, 1.807) is 0 Å². The van der Waals surface area contributed by atoms with E-state index in [1.807, 2.05) is 0 Å². The Bertz CT molecular complexity index is 1100. The number of allylic oxidation sites excluding steroid dienone is 4. The van der Waals surface area contributed by atoms with Gasteiger partial charge in [-0.15, -0.1) is 0 Å². The Balaban J connectivity index is 3.94. The summed E-state index contributed by atoms with van der Waals surface area (Å²) in [6, 6.07) is 0. The van der Waals surface area contributed by atoms with Gasteiger partial charge in [0.1, 0.15) is 13.2 Å². The van der Waals surface area contributed by atoms with Crippen LogP contribution in [0.15, 0.2) is 24.3 Å². The van der Waals surface area contributed by atoms with E-state index in [1.165, 1.54) is 231 Å². The highest BCUT2D eigenvalue weighted by atomic mass is 16.6. The molecule has 0 aromatic rings. The van der Waals surface area contributed by atoms with Crippen molar-refractivity contribution < 1.29 is 28.6 Å². The first-order valence-electron chi connectivity index (χ1n) is 30.3. The third-order valence-corrected chi connectivity index (χ3v) is 13.7. The standard InChI is InChI=1S/C62H116O6/c1-4-7-10-13-16-18-20-22-23-24-25-26-27-28-29-30-31-32-33-34-35-36-37-38-39-40-42-43-46-49-52-55-61(64)67-58-59(57-66-60(63)54-51-48-45-15-12-9-6-3)68-62(65)56-53-50-47-44-41-21-19-17-14-11-8-5-2/h17,19,24-25,59H,4-16,18,20-23,26-58H2,1-3H3/b19-17-,25-24-. The lowest BCUT2D eigenvalue weighted by atomic mass is 10.0. The Kier molecular flexibility index (Phi) is 55.7. The van der Waals surface area contributed by atoms with Gasteiger partial charge in [0.2, 0.25) is 0 Å². The van der Waals surface area contributed by atoms with Crippen LogP contribution < -0.4 is 0 Å². The van der Waals surface area contributed by atoms with Gasteiger partial charge in [0, 0.05) is 19.3 Å². The zero-order valence-corrected chi connectivity index (χ0v) is 45.9. The Hall–Kier alpha value is -2.11. The van der Waals surface area contributed by atoms with Crippen LogP contribution in [0.2, 0.25) is 0 Å². The molecule has 0 bridgehead atoms. The molecule has 0 aliphatic carbocycles. The quantitative estimate of drug-likeness (QED) is 0.0262. The van der Waals surface area contributed by atoms with E-state index in [9.17, 15) is 14.4 Å². The first-order chi connectivity index (χ1) is 33.5. The Morgan fingerprint density at radius 1 is 0.279 bits per heavy atom. The number of hydrogen-bond donors (Lipinski definition) is 0. The van der Waals surface area contributed by atoms with Gasteiger partial charge in [-0.2, -0.15) is 0 Å². The van der Waals surface area contributed by atoms with E-state index in [0.717, 1.165) is 64.2 Å². The van der Waals surface area contributed by atoms with Crippen LogP contribution in [0.3, 0.4) is 0 Å². The zero-order valence-electron chi connectivity index (χ0n) is 45.9. The number of hydrogen-bond acceptors (Lipinski definition) is 6. The van der Waals surface area contributed by atoms with Crippen LogP contribution >= 0.6 is 0 Å². The highest BCUT2D eigenvalue weighted by Gasteiger charge is 2.19. The van der Waals surface area contributed by atoms with Crippen molar-refractivity contribution in [2.75, 3.05) is 13.2 Å². The topological polar surface area (TPSA) is 78.9 Å². The number of unbranched alkanes of at least 4 members (excludes halogenated alkanes) is 41. The molecule has 0 fully saturated rings. The normalized spacial score (nSPS) is 12.1. The maximum absolute atomic E-state index is 12.7. The Morgan fingerprint density at radius 2 is 0.485 bits per heavy atom. The molecule has 400 valence electrons. The molecule has 0 aromatic carbocycles. The largest absolute Gasteiger partial charge is 0.462 e. The van der Waals surface area contributed by atoms with Crippen molar-refractivity contribution in [3.63, 3.8) is 0 Å². The molecular weight excluding hydrogens is 841 g/mol. The Labute approximate surface area is 423 Å². The number of carbonyl (C=O) groups is 3. The van der Waals surface area contributed by atoms with Gasteiger partial charge in [-0.05, 0) is 70.6 Å². The van der Waals surface area contributed by atoms with Crippen molar-refractivity contribution >= 4 is 17.9 Å². The highest BCUT2D eigenvalue weighted by molar-refractivity contribution is 5.71. The molecule has 0 aliphatic heterocycles. The monoisotopic (exact) mass is 957 g/mol. The zero-order chi connectivity index (χ0) is 49.3. The molecule has 6 nitrogen and oxygen atoms in total. The predicted octanol–water partition coefficient (Wildman–Crippen LogP) is 20.3. The molecule has 1 atom stereocenters. The van der Waals surface area contributed by atoms with Crippen LogP contribution in [-0.2, 0) is 28.6 Å². The van der Waals surface area contributed by atoms with Gasteiger partial charge in [-0.3, -0.25) is 14.4 Å². The summed E-state index contributed by atoms with van der Waals surface area (Å²) in [5.74, 6) is -0.870. The van der Waals surface area contributed by atoms with E-state index in [2.05, 4.69) is 45.1 Å². The van der Waals surface area contributed by atoms with Gasteiger partial charge in [0.05, 0.1) is 0 Å². The van der Waals surface area contributed by atoms with Crippen molar-refractivity contribution in [3.8, 4) is 0 Å². The minimum absolute atomic E-state index is 0.0701. The molecule has 0 saturated carbocycles. The van der Waals surface area contributed by atoms with E-state index in [4.69, 9.17) is 14.2 Å². The lowest BCUT2D eigenvalue weighted by molar-refractivity contribution is -0.167. The van der Waals surface area contributed by atoms with Crippen molar-refractivity contribution in [3.05, 3.63) is 24.3 Å². The minimum atomic E-state index is -0.768. The number of ether oxygens (including phenoxy) is 3. The summed E-state index contributed by atoms with van der Waals surface area (Å²) in [7, 11) is 0. The molecule has 0 rings (SSSR count). The first kappa shape index (κ1) is 65.9. The van der Waals surface area contributed by atoms with Crippen LogP contribution in [0.1, 0.15) is 335 Å². The van der Waals surface area contributed by atoms with E-state index in [0.29, 0.717) is 19.3 Å². The third kappa shape index (κ3) is 54.8. The van der Waals surface area contributed by atoms with E-state index < -0.39 is 6.10 Å². The molecule has 0 spiro atoms. The van der Waals surface area contributed by atoms with Crippen LogP contribution in [0, 0.1) is 0 Å². The predicted molar refractivity (Wildman–Crippen MR) is 293 cm³/mol. The minimum Gasteiger partial charge on any atom is -0.462 e. The van der Waals surface area contributed by atoms with E-state index >= 15 is 0 Å². The van der Waals surface area contributed by atoms with E-state index in [-0.39, 0.29) is 31.1 Å². The molecule has 0 heterocycles. The lowest BCUT2D eigenvalue weighted by Crippen LogP contribution is -2.30. The van der Waals surface area contributed by atoms with Gasteiger partial charge < -0.3 is 14.2 Å². The average molecular weight is 958 g/mol. The second-order valence-corrected chi connectivity index (χ2v) is 20.6. The fraction of sp³-hybridized carbons (Fsp3) is 0.887. The van der Waals surface area contributed by atoms with Gasteiger partial charge in [-0.1, -0.05) is 270 Å². The molecule has 0 saturated heterocycles. The van der Waals surface area contributed by atoms with Gasteiger partial charge in [0.15, 0.2) is 6.10 Å². The van der Waals surface area contributed by atoms with Gasteiger partial charge in [0.25, 0.3) is 0 Å². The summed E-state index contributed by atoms with van der Waals surface area (Å²) in [4.78, 5) is 37.9. The molecule has 0 amide bonds. The molecule has 0 radical (unpaired) electrons. The molecule has 0 aromatic heterocycles. The summed E-state index contributed by atoms with van der Waals surface area (Å²) >= 11 is 0. The summed E-state index contributed by atoms with van der Waals surface area (Å²) in [5.41, 5.74) is 0. The fourth-order valence-corrected chi connectivity index (χ4v) is 9.08.